The molecule has 0 aliphatic heterocycles. The first kappa shape index (κ1) is 17.6. The van der Waals surface area contributed by atoms with Crippen LogP contribution in [0.2, 0.25) is 5.02 Å². The second-order valence-corrected chi connectivity index (χ2v) is 6.84. The second-order valence-electron chi connectivity index (χ2n) is 5.52. The van der Waals surface area contributed by atoms with Crippen LogP contribution in [0.5, 0.6) is 0 Å². The minimum Gasteiger partial charge on any atom is -0.306 e. The SMILES string of the molecule is Cc1nn(C)c(NC(=O)c2ccc(F)cc2Cl)c1-c1ccc(Br)cc1. The van der Waals surface area contributed by atoms with Gasteiger partial charge in [0, 0.05) is 17.1 Å². The Hall–Kier alpha value is -2.18. The number of halogens is 3. The van der Waals surface area contributed by atoms with Crippen LogP contribution in [0.15, 0.2) is 46.9 Å². The molecule has 0 bridgehead atoms. The van der Waals surface area contributed by atoms with Gasteiger partial charge in [0.05, 0.1) is 16.3 Å². The number of rotatable bonds is 3. The fourth-order valence-corrected chi connectivity index (χ4v) is 3.13. The standard InChI is InChI=1S/C18H14BrClFN3O/c1-10-16(11-3-5-12(19)6-4-11)17(24(2)23-10)22-18(25)14-8-7-13(21)9-15(14)20/h3-9H,1-2H3,(H,22,25). The first-order chi connectivity index (χ1) is 11.9. The Kier molecular flexibility index (Phi) is 4.92. The summed E-state index contributed by atoms with van der Waals surface area (Å²) in [5, 5.41) is 7.28. The van der Waals surface area contributed by atoms with E-state index >= 15 is 0 Å². The third-order valence-electron chi connectivity index (χ3n) is 3.76. The highest BCUT2D eigenvalue weighted by atomic mass is 79.9. The highest BCUT2D eigenvalue weighted by Gasteiger charge is 2.19. The molecule has 1 aromatic heterocycles. The van der Waals surface area contributed by atoms with Gasteiger partial charge >= 0.3 is 0 Å². The van der Waals surface area contributed by atoms with Crippen LogP contribution in [-0.2, 0) is 7.05 Å². The van der Waals surface area contributed by atoms with E-state index < -0.39 is 11.7 Å². The van der Waals surface area contributed by atoms with E-state index in [9.17, 15) is 9.18 Å². The van der Waals surface area contributed by atoms with Gasteiger partial charge in [0.25, 0.3) is 5.91 Å². The Bertz CT molecular complexity index is 954. The molecule has 0 saturated carbocycles. The van der Waals surface area contributed by atoms with Gasteiger partial charge in [-0.15, -0.1) is 0 Å². The van der Waals surface area contributed by atoms with Gasteiger partial charge in [0.2, 0.25) is 0 Å². The van der Waals surface area contributed by atoms with Gasteiger partial charge in [-0.25, -0.2) is 4.39 Å². The van der Waals surface area contributed by atoms with Crippen LogP contribution in [0, 0.1) is 12.7 Å². The molecule has 0 spiro atoms. The number of carbonyl (C=O) groups excluding carboxylic acids is 1. The topological polar surface area (TPSA) is 46.9 Å². The number of aromatic nitrogens is 2. The van der Waals surface area contributed by atoms with E-state index in [4.69, 9.17) is 11.6 Å². The molecule has 128 valence electrons. The number of anilines is 1. The molecular weight excluding hydrogens is 409 g/mol. The van der Waals surface area contributed by atoms with E-state index in [1.807, 2.05) is 31.2 Å². The summed E-state index contributed by atoms with van der Waals surface area (Å²) < 4.78 is 15.7. The van der Waals surface area contributed by atoms with Crippen molar-refractivity contribution >= 4 is 39.3 Å². The summed E-state index contributed by atoms with van der Waals surface area (Å²) in [6.07, 6.45) is 0. The predicted octanol–water partition coefficient (Wildman–Crippen LogP) is 5.20. The summed E-state index contributed by atoms with van der Waals surface area (Å²) >= 11 is 9.39. The third kappa shape index (κ3) is 3.60. The van der Waals surface area contributed by atoms with Crippen molar-refractivity contribution in [2.24, 2.45) is 7.05 Å². The first-order valence-electron chi connectivity index (χ1n) is 7.42. The number of hydrogen-bond donors (Lipinski definition) is 1. The maximum atomic E-state index is 13.2. The third-order valence-corrected chi connectivity index (χ3v) is 4.60. The molecule has 0 aliphatic rings. The van der Waals surface area contributed by atoms with Crippen molar-refractivity contribution in [3.63, 3.8) is 0 Å². The van der Waals surface area contributed by atoms with Gasteiger partial charge in [-0.3, -0.25) is 9.48 Å². The monoisotopic (exact) mass is 421 g/mol. The van der Waals surface area contributed by atoms with Gasteiger partial charge in [-0.2, -0.15) is 5.10 Å². The molecular formula is C18H14BrClFN3O. The fraction of sp³-hybridized carbons (Fsp3) is 0.111. The predicted molar refractivity (Wildman–Crippen MR) is 100 cm³/mol. The zero-order valence-electron chi connectivity index (χ0n) is 13.5. The highest BCUT2D eigenvalue weighted by molar-refractivity contribution is 9.10. The molecule has 0 radical (unpaired) electrons. The molecule has 7 heteroatoms. The summed E-state index contributed by atoms with van der Waals surface area (Å²) in [5.41, 5.74) is 2.73. The number of carbonyl (C=O) groups is 1. The summed E-state index contributed by atoms with van der Waals surface area (Å²) in [7, 11) is 1.75. The maximum absolute atomic E-state index is 13.2. The van der Waals surface area contributed by atoms with Crippen molar-refractivity contribution < 1.29 is 9.18 Å². The normalized spacial score (nSPS) is 10.8. The number of nitrogens with one attached hydrogen (secondary N) is 1. The molecule has 0 aliphatic carbocycles. The van der Waals surface area contributed by atoms with Crippen LogP contribution < -0.4 is 5.32 Å². The van der Waals surface area contributed by atoms with E-state index in [-0.39, 0.29) is 10.6 Å². The Morgan fingerprint density at radius 1 is 1.24 bits per heavy atom. The van der Waals surface area contributed by atoms with Crippen LogP contribution in [0.4, 0.5) is 10.2 Å². The smallest absolute Gasteiger partial charge is 0.258 e. The summed E-state index contributed by atoms with van der Waals surface area (Å²) in [5.74, 6) is -0.370. The Morgan fingerprint density at radius 3 is 2.56 bits per heavy atom. The van der Waals surface area contributed by atoms with Crippen LogP contribution in [0.25, 0.3) is 11.1 Å². The molecule has 1 amide bonds. The van der Waals surface area contributed by atoms with Gasteiger partial charge in [-0.1, -0.05) is 39.7 Å². The number of nitrogens with zero attached hydrogens (tertiary/aromatic N) is 2. The molecule has 3 rings (SSSR count). The molecule has 3 aromatic rings. The molecule has 0 unspecified atom stereocenters. The van der Waals surface area contributed by atoms with Crippen LogP contribution >= 0.6 is 27.5 Å². The lowest BCUT2D eigenvalue weighted by Gasteiger charge is -2.10. The lowest BCUT2D eigenvalue weighted by Crippen LogP contribution is -2.15. The van der Waals surface area contributed by atoms with E-state index in [0.717, 1.165) is 27.4 Å². The lowest BCUT2D eigenvalue weighted by molar-refractivity contribution is 0.102. The Balaban J connectivity index is 2.00. The van der Waals surface area contributed by atoms with Gasteiger partial charge in [0.15, 0.2) is 0 Å². The van der Waals surface area contributed by atoms with Crippen molar-refractivity contribution in [3.05, 3.63) is 69.0 Å². The molecule has 0 fully saturated rings. The molecule has 1 N–H and O–H groups in total. The molecule has 1 heterocycles. The van der Waals surface area contributed by atoms with Crippen molar-refractivity contribution in [2.75, 3.05) is 5.32 Å². The number of hydrogen-bond acceptors (Lipinski definition) is 2. The van der Waals surface area contributed by atoms with Crippen LogP contribution in [0.3, 0.4) is 0 Å². The van der Waals surface area contributed by atoms with E-state index in [0.29, 0.717) is 5.82 Å². The van der Waals surface area contributed by atoms with Crippen molar-refractivity contribution in [1.29, 1.82) is 0 Å². The van der Waals surface area contributed by atoms with E-state index in [1.54, 1.807) is 11.7 Å². The fourth-order valence-electron chi connectivity index (χ4n) is 2.61. The van der Waals surface area contributed by atoms with Crippen molar-refractivity contribution in [2.45, 2.75) is 6.92 Å². The zero-order chi connectivity index (χ0) is 18.1. The average molecular weight is 423 g/mol. The quantitative estimate of drug-likeness (QED) is 0.630. The minimum absolute atomic E-state index is 0.0570. The van der Waals surface area contributed by atoms with E-state index in [1.165, 1.54) is 12.1 Å². The highest BCUT2D eigenvalue weighted by Crippen LogP contribution is 2.32. The van der Waals surface area contributed by atoms with Gasteiger partial charge in [-0.05, 0) is 42.8 Å². The summed E-state index contributed by atoms with van der Waals surface area (Å²) in [6, 6.07) is 11.4. The molecule has 25 heavy (non-hydrogen) atoms. The number of benzene rings is 2. The average Bonchev–Trinajstić information content (AvgIpc) is 2.82. The van der Waals surface area contributed by atoms with Gasteiger partial charge < -0.3 is 5.32 Å². The maximum Gasteiger partial charge on any atom is 0.258 e. The summed E-state index contributed by atoms with van der Waals surface area (Å²) in [4.78, 5) is 12.6. The number of amides is 1. The Labute approximate surface area is 157 Å². The van der Waals surface area contributed by atoms with E-state index in [2.05, 4.69) is 26.3 Å². The Morgan fingerprint density at radius 2 is 1.92 bits per heavy atom. The van der Waals surface area contributed by atoms with Crippen LogP contribution in [-0.4, -0.2) is 15.7 Å². The number of aryl methyl sites for hydroxylation is 2. The minimum atomic E-state index is -0.492. The zero-order valence-corrected chi connectivity index (χ0v) is 15.8. The van der Waals surface area contributed by atoms with Gasteiger partial charge in [0.1, 0.15) is 11.6 Å². The molecule has 2 aromatic carbocycles. The van der Waals surface area contributed by atoms with Crippen LogP contribution in [0.1, 0.15) is 16.1 Å². The molecule has 0 atom stereocenters. The second kappa shape index (κ2) is 6.98. The van der Waals surface area contributed by atoms with Crippen molar-refractivity contribution in [1.82, 2.24) is 9.78 Å². The van der Waals surface area contributed by atoms with Crippen molar-refractivity contribution in [3.8, 4) is 11.1 Å². The lowest BCUT2D eigenvalue weighted by atomic mass is 10.1. The first-order valence-corrected chi connectivity index (χ1v) is 8.60. The summed E-state index contributed by atoms with van der Waals surface area (Å²) in [6.45, 7) is 1.87. The largest absolute Gasteiger partial charge is 0.306 e. The molecule has 4 nitrogen and oxygen atoms in total. The molecule has 0 saturated heterocycles.